The van der Waals surface area contributed by atoms with Crippen molar-refractivity contribution in [1.29, 1.82) is 0 Å². The number of alkyl halides is 2. The molecule has 1 N–H and O–H groups in total. The molecule has 1 aliphatic carbocycles. The molecule has 0 fully saturated rings. The van der Waals surface area contributed by atoms with Crippen LogP contribution in [0.25, 0.3) is 33.3 Å². The normalized spacial score (nSPS) is 15.4. The fraction of sp³-hybridized carbons (Fsp3) is 0.360. The molecule has 0 unspecified atom stereocenters. The Morgan fingerprint density at radius 2 is 1.84 bits per heavy atom. The standard InChI is InChI=1S/C25H25F2N3O2/c1-4-29-19-8-6-15(12-17(19)18-13-25(26,27)11-10-20(18)29)23-28-22-14(3)16(24(31)32)7-9-21(22)30(23)5-2/h6-9,12H,4-5,10-11,13H2,1-3H3,(H,31,32). The van der Waals surface area contributed by atoms with E-state index in [1.807, 2.05) is 36.6 Å². The van der Waals surface area contributed by atoms with Crippen molar-refractivity contribution in [2.24, 2.45) is 0 Å². The van der Waals surface area contributed by atoms with Crippen molar-refractivity contribution >= 4 is 27.9 Å². The molecule has 0 aliphatic heterocycles. The number of fused-ring (bicyclic) bond motifs is 4. The van der Waals surface area contributed by atoms with Crippen LogP contribution in [-0.2, 0) is 25.9 Å². The third-order valence-electron chi connectivity index (χ3n) is 6.74. The van der Waals surface area contributed by atoms with E-state index in [-0.39, 0.29) is 18.4 Å². The highest BCUT2D eigenvalue weighted by atomic mass is 19.3. The molecule has 0 atom stereocenters. The van der Waals surface area contributed by atoms with Crippen molar-refractivity contribution in [3.05, 3.63) is 52.7 Å². The number of imidazole rings is 1. The summed E-state index contributed by atoms with van der Waals surface area (Å²) < 4.78 is 32.8. The minimum Gasteiger partial charge on any atom is -0.478 e. The van der Waals surface area contributed by atoms with Crippen LogP contribution in [0.1, 0.15) is 47.4 Å². The van der Waals surface area contributed by atoms with Crippen LogP contribution in [0.15, 0.2) is 30.3 Å². The van der Waals surface area contributed by atoms with Crippen LogP contribution in [0.3, 0.4) is 0 Å². The van der Waals surface area contributed by atoms with E-state index in [1.165, 1.54) is 0 Å². The van der Waals surface area contributed by atoms with Gasteiger partial charge in [-0.1, -0.05) is 0 Å². The molecule has 32 heavy (non-hydrogen) atoms. The van der Waals surface area contributed by atoms with E-state index in [0.717, 1.165) is 45.6 Å². The molecular formula is C25H25F2N3O2. The van der Waals surface area contributed by atoms with Crippen molar-refractivity contribution in [2.75, 3.05) is 0 Å². The molecule has 0 spiro atoms. The van der Waals surface area contributed by atoms with Crippen molar-refractivity contribution in [1.82, 2.24) is 14.1 Å². The predicted octanol–water partition coefficient (Wildman–Crippen LogP) is 5.83. The highest BCUT2D eigenvalue weighted by molar-refractivity contribution is 5.97. The minimum atomic E-state index is -2.68. The Hall–Kier alpha value is -3.22. The van der Waals surface area contributed by atoms with E-state index < -0.39 is 11.9 Å². The Labute approximate surface area is 184 Å². The molecule has 7 heteroatoms. The van der Waals surface area contributed by atoms with Crippen molar-refractivity contribution < 1.29 is 18.7 Å². The lowest BCUT2D eigenvalue weighted by Crippen LogP contribution is -2.26. The summed E-state index contributed by atoms with van der Waals surface area (Å²) in [5.41, 5.74) is 5.95. The molecule has 0 bridgehead atoms. The van der Waals surface area contributed by atoms with Gasteiger partial charge in [-0.25, -0.2) is 18.6 Å². The van der Waals surface area contributed by atoms with Crippen LogP contribution in [0.2, 0.25) is 0 Å². The van der Waals surface area contributed by atoms with Crippen LogP contribution in [-0.4, -0.2) is 31.1 Å². The summed E-state index contributed by atoms with van der Waals surface area (Å²) in [7, 11) is 0. The second-order valence-electron chi connectivity index (χ2n) is 8.52. The predicted molar refractivity (Wildman–Crippen MR) is 121 cm³/mol. The van der Waals surface area contributed by atoms with Gasteiger partial charge in [-0.15, -0.1) is 0 Å². The van der Waals surface area contributed by atoms with Crippen molar-refractivity contribution in [2.45, 2.75) is 59.0 Å². The molecular weight excluding hydrogens is 412 g/mol. The average molecular weight is 437 g/mol. The van der Waals surface area contributed by atoms with Gasteiger partial charge in [0.15, 0.2) is 0 Å². The first-order chi connectivity index (χ1) is 15.3. The third kappa shape index (κ3) is 2.94. The lowest BCUT2D eigenvalue weighted by Gasteiger charge is -2.23. The molecule has 0 amide bonds. The smallest absolute Gasteiger partial charge is 0.336 e. The number of aryl methyl sites for hydroxylation is 3. The van der Waals surface area contributed by atoms with Crippen molar-refractivity contribution in [3.63, 3.8) is 0 Å². The lowest BCUT2D eigenvalue weighted by molar-refractivity contribution is -0.0125. The fourth-order valence-corrected chi connectivity index (χ4v) is 5.21. The maximum absolute atomic E-state index is 14.3. The molecule has 166 valence electrons. The number of nitrogens with zero attached hydrogens (tertiary/aromatic N) is 3. The van der Waals surface area contributed by atoms with E-state index in [2.05, 4.69) is 4.57 Å². The first kappa shape index (κ1) is 20.7. The Kier molecular flexibility index (Phi) is 4.62. The number of halogens is 2. The summed E-state index contributed by atoms with van der Waals surface area (Å²) in [5, 5.41) is 10.3. The maximum Gasteiger partial charge on any atom is 0.336 e. The van der Waals surface area contributed by atoms with Gasteiger partial charge >= 0.3 is 5.97 Å². The summed E-state index contributed by atoms with van der Waals surface area (Å²) in [6.45, 7) is 7.22. The Bertz CT molecular complexity index is 1400. The molecule has 0 radical (unpaired) electrons. The highest BCUT2D eigenvalue weighted by Gasteiger charge is 2.37. The second kappa shape index (κ2) is 7.15. The summed E-state index contributed by atoms with van der Waals surface area (Å²) in [6, 6.07) is 9.36. The average Bonchev–Trinajstić information content (AvgIpc) is 3.28. The molecule has 1 aliphatic rings. The van der Waals surface area contributed by atoms with Crippen LogP contribution < -0.4 is 0 Å². The Morgan fingerprint density at radius 3 is 2.53 bits per heavy atom. The number of benzene rings is 2. The number of aromatic carboxylic acids is 1. The van der Waals surface area contributed by atoms with E-state index in [9.17, 15) is 18.7 Å². The number of carboxylic acids is 1. The molecule has 0 saturated heterocycles. The van der Waals surface area contributed by atoms with Gasteiger partial charge in [0, 0.05) is 48.1 Å². The van der Waals surface area contributed by atoms with E-state index in [0.29, 0.717) is 24.0 Å². The first-order valence-electron chi connectivity index (χ1n) is 11.0. The molecule has 2 aromatic heterocycles. The van der Waals surface area contributed by atoms with Crippen molar-refractivity contribution in [3.8, 4) is 11.4 Å². The number of hydrogen-bond donors (Lipinski definition) is 1. The maximum atomic E-state index is 14.3. The van der Waals surface area contributed by atoms with Gasteiger partial charge in [-0.3, -0.25) is 0 Å². The summed E-state index contributed by atoms with van der Waals surface area (Å²) in [6.07, 6.45) is 0.0331. The topological polar surface area (TPSA) is 60.1 Å². The molecule has 2 heterocycles. The minimum absolute atomic E-state index is 0.111. The van der Waals surface area contributed by atoms with Gasteiger partial charge in [0.25, 0.3) is 5.92 Å². The number of rotatable bonds is 4. The first-order valence-corrected chi connectivity index (χ1v) is 11.0. The summed E-state index contributed by atoms with van der Waals surface area (Å²) in [4.78, 5) is 16.4. The van der Waals surface area contributed by atoms with Crippen LogP contribution in [0.4, 0.5) is 8.78 Å². The van der Waals surface area contributed by atoms with E-state index in [1.54, 1.807) is 19.1 Å². The van der Waals surface area contributed by atoms with Gasteiger partial charge in [0.2, 0.25) is 0 Å². The van der Waals surface area contributed by atoms with Gasteiger partial charge < -0.3 is 14.2 Å². The van der Waals surface area contributed by atoms with Gasteiger partial charge in [-0.2, -0.15) is 0 Å². The summed E-state index contributed by atoms with van der Waals surface area (Å²) in [5.74, 6) is -2.95. The number of hydrogen-bond acceptors (Lipinski definition) is 2. The van der Waals surface area contributed by atoms with E-state index >= 15 is 0 Å². The fourth-order valence-electron chi connectivity index (χ4n) is 5.21. The number of carboxylic acid groups (broad SMARTS) is 1. The SMILES string of the molecule is CCn1c2c(c3cc(-c4nc5c(C)c(C(=O)O)ccc5n4CC)ccc31)CC(F)(F)CC2. The van der Waals surface area contributed by atoms with Crippen LogP contribution in [0, 0.1) is 6.92 Å². The second-order valence-corrected chi connectivity index (χ2v) is 8.52. The molecule has 5 nitrogen and oxygen atoms in total. The zero-order valence-electron chi connectivity index (χ0n) is 18.4. The van der Waals surface area contributed by atoms with Gasteiger partial charge in [0.1, 0.15) is 5.82 Å². The highest BCUT2D eigenvalue weighted by Crippen LogP contribution is 2.40. The number of aromatic nitrogens is 3. The lowest BCUT2D eigenvalue weighted by atomic mass is 9.92. The monoisotopic (exact) mass is 437 g/mol. The zero-order chi connectivity index (χ0) is 22.8. The largest absolute Gasteiger partial charge is 0.478 e. The molecule has 5 rings (SSSR count). The molecule has 4 aromatic rings. The molecule has 2 aromatic carbocycles. The quantitative estimate of drug-likeness (QED) is 0.437. The molecule has 0 saturated carbocycles. The summed E-state index contributed by atoms with van der Waals surface area (Å²) >= 11 is 0. The third-order valence-corrected chi connectivity index (χ3v) is 6.74. The Balaban J connectivity index is 1.75. The van der Waals surface area contributed by atoms with Gasteiger partial charge in [0.05, 0.1) is 16.6 Å². The van der Waals surface area contributed by atoms with Crippen LogP contribution in [0.5, 0.6) is 0 Å². The number of carbonyl (C=O) groups is 1. The zero-order valence-corrected chi connectivity index (χ0v) is 18.4. The van der Waals surface area contributed by atoms with E-state index in [4.69, 9.17) is 4.98 Å². The van der Waals surface area contributed by atoms with Crippen LogP contribution >= 0.6 is 0 Å². The van der Waals surface area contributed by atoms with Gasteiger partial charge in [-0.05, 0) is 68.7 Å². The Morgan fingerprint density at radius 1 is 1.12 bits per heavy atom.